The molecule has 2 heterocycles. The van der Waals surface area contributed by atoms with Gasteiger partial charge in [0.15, 0.2) is 0 Å². The molecule has 0 spiro atoms. The van der Waals surface area contributed by atoms with Crippen LogP contribution in [0, 0.1) is 13.8 Å². The Morgan fingerprint density at radius 2 is 2.00 bits per heavy atom. The molecule has 4 rings (SSSR count). The maximum absolute atomic E-state index is 4.68. The van der Waals surface area contributed by atoms with Gasteiger partial charge in [-0.25, -0.2) is 0 Å². The van der Waals surface area contributed by atoms with Crippen molar-refractivity contribution in [3.05, 3.63) is 89.3 Å². The van der Waals surface area contributed by atoms with Crippen molar-refractivity contribution in [2.24, 2.45) is 9.98 Å². The lowest BCUT2D eigenvalue weighted by Crippen LogP contribution is -2.21. The number of H-pyrrole nitrogens is 1. The molecule has 1 N–H and O–H groups in total. The Kier molecular flexibility index (Phi) is 6.68. The van der Waals surface area contributed by atoms with E-state index in [4.69, 9.17) is 0 Å². The number of benzene rings is 2. The van der Waals surface area contributed by atoms with Gasteiger partial charge >= 0.3 is 0 Å². The molecule has 168 valence electrons. The van der Waals surface area contributed by atoms with Crippen molar-refractivity contribution in [1.82, 2.24) is 10.2 Å². The largest absolute Gasteiger partial charge is 0.337 e. The van der Waals surface area contributed by atoms with Crippen molar-refractivity contribution in [2.45, 2.75) is 34.1 Å². The van der Waals surface area contributed by atoms with E-state index in [9.17, 15) is 0 Å². The maximum Gasteiger partial charge on any atom is 0.0660 e. The van der Waals surface area contributed by atoms with Gasteiger partial charge < -0.3 is 4.90 Å². The summed E-state index contributed by atoms with van der Waals surface area (Å²) in [5.74, 6) is 0. The number of aliphatic imine (C=N–C) groups is 2. The molecule has 0 amide bonds. The predicted molar refractivity (Wildman–Crippen MR) is 141 cm³/mol. The summed E-state index contributed by atoms with van der Waals surface area (Å²) in [6.45, 7) is 14.2. The highest BCUT2D eigenvalue weighted by molar-refractivity contribution is 6.09. The molecule has 0 saturated heterocycles. The van der Waals surface area contributed by atoms with Gasteiger partial charge in [-0.3, -0.25) is 15.1 Å². The first-order chi connectivity index (χ1) is 15.9. The highest BCUT2D eigenvalue weighted by Crippen LogP contribution is 2.32. The highest BCUT2D eigenvalue weighted by Gasteiger charge is 2.16. The number of aryl methyl sites for hydroxylation is 3. The lowest BCUT2D eigenvalue weighted by Gasteiger charge is -2.27. The molecule has 5 heteroatoms. The smallest absolute Gasteiger partial charge is 0.0660 e. The molecule has 3 aromatic rings. The topological polar surface area (TPSA) is 56.6 Å². The Labute approximate surface area is 196 Å². The number of hydrogen-bond donors (Lipinski definition) is 1. The summed E-state index contributed by atoms with van der Waals surface area (Å²) in [6, 6.07) is 13.3. The van der Waals surface area contributed by atoms with E-state index in [0.717, 1.165) is 53.3 Å². The van der Waals surface area contributed by atoms with Crippen molar-refractivity contribution in [1.29, 1.82) is 0 Å². The van der Waals surface area contributed by atoms with Gasteiger partial charge in [-0.05, 0) is 91.4 Å². The number of hydrogen-bond acceptors (Lipinski definition) is 4. The lowest BCUT2D eigenvalue weighted by atomic mass is 10.1. The molecule has 1 aliphatic rings. The average Bonchev–Trinajstić information content (AvgIpc) is 3.48. The molecule has 33 heavy (non-hydrogen) atoms. The van der Waals surface area contributed by atoms with Crippen LogP contribution in [0.1, 0.15) is 36.1 Å². The molecule has 2 aromatic carbocycles. The Balaban J connectivity index is 1.65. The first-order valence-corrected chi connectivity index (χ1v) is 11.3. The number of anilines is 2. The minimum absolute atomic E-state index is 0.770. The van der Waals surface area contributed by atoms with Gasteiger partial charge in [-0.15, -0.1) is 0 Å². The van der Waals surface area contributed by atoms with Gasteiger partial charge in [0.05, 0.1) is 18.4 Å². The summed E-state index contributed by atoms with van der Waals surface area (Å²) >= 11 is 0. The van der Waals surface area contributed by atoms with Crippen molar-refractivity contribution in [3.63, 3.8) is 0 Å². The van der Waals surface area contributed by atoms with Crippen molar-refractivity contribution in [3.8, 4) is 0 Å². The van der Waals surface area contributed by atoms with Crippen LogP contribution in [0.5, 0.6) is 0 Å². The van der Waals surface area contributed by atoms with Crippen LogP contribution in [-0.4, -0.2) is 35.2 Å². The second kappa shape index (κ2) is 9.82. The zero-order valence-electron chi connectivity index (χ0n) is 19.9. The molecular weight excluding hydrogens is 406 g/mol. The van der Waals surface area contributed by atoms with Crippen LogP contribution in [0.2, 0.25) is 0 Å². The second-order valence-electron chi connectivity index (χ2n) is 8.62. The Bertz CT molecular complexity index is 1250. The minimum Gasteiger partial charge on any atom is -0.337 e. The van der Waals surface area contributed by atoms with Crippen molar-refractivity contribution in [2.75, 3.05) is 18.0 Å². The number of allylic oxidation sites excluding steroid dienone is 2. The van der Waals surface area contributed by atoms with Crippen LogP contribution in [0.15, 0.2) is 77.0 Å². The SMILES string of the molecule is C=C(/C=N\c1ccc(N(CC2=CC(C)=NC2)c2cc(C)cc(CC)c2)cc1C)c1cn[nH]c1. The van der Waals surface area contributed by atoms with Crippen molar-refractivity contribution >= 4 is 34.6 Å². The monoisotopic (exact) mass is 437 g/mol. The Morgan fingerprint density at radius 1 is 1.15 bits per heavy atom. The highest BCUT2D eigenvalue weighted by atomic mass is 15.1. The lowest BCUT2D eigenvalue weighted by molar-refractivity contribution is 0.992. The molecule has 0 bridgehead atoms. The van der Waals surface area contributed by atoms with Gasteiger partial charge in [-0.2, -0.15) is 5.10 Å². The first-order valence-electron chi connectivity index (χ1n) is 11.3. The molecule has 0 radical (unpaired) electrons. The summed E-state index contributed by atoms with van der Waals surface area (Å²) in [5.41, 5.74) is 11.2. The van der Waals surface area contributed by atoms with Crippen LogP contribution in [0.3, 0.4) is 0 Å². The van der Waals surface area contributed by atoms with E-state index in [0.29, 0.717) is 0 Å². The average molecular weight is 438 g/mol. The zero-order valence-corrected chi connectivity index (χ0v) is 19.9. The van der Waals surface area contributed by atoms with Gasteiger partial charge in [-0.1, -0.05) is 19.6 Å². The van der Waals surface area contributed by atoms with E-state index in [1.807, 2.05) is 6.20 Å². The van der Waals surface area contributed by atoms with E-state index in [2.05, 4.69) is 102 Å². The van der Waals surface area contributed by atoms with E-state index in [1.54, 1.807) is 12.4 Å². The maximum atomic E-state index is 4.68. The summed E-state index contributed by atoms with van der Waals surface area (Å²) in [6.07, 6.45) is 8.58. The summed E-state index contributed by atoms with van der Waals surface area (Å²) in [7, 11) is 0. The molecule has 0 saturated carbocycles. The third-order valence-corrected chi connectivity index (χ3v) is 5.87. The van der Waals surface area contributed by atoms with Gasteiger partial charge in [0.25, 0.3) is 0 Å². The number of nitrogens with one attached hydrogen (secondary N) is 1. The summed E-state index contributed by atoms with van der Waals surface area (Å²) in [5, 5.41) is 6.78. The fraction of sp³-hybridized carbons (Fsp3) is 0.250. The number of aromatic amines is 1. The molecule has 0 atom stereocenters. The molecule has 1 aliphatic heterocycles. The molecule has 5 nitrogen and oxygen atoms in total. The normalized spacial score (nSPS) is 13.3. The van der Waals surface area contributed by atoms with Gasteiger partial charge in [0, 0.05) is 41.6 Å². The fourth-order valence-corrected chi connectivity index (χ4v) is 4.04. The molecular formula is C28H31N5. The van der Waals surface area contributed by atoms with Crippen LogP contribution >= 0.6 is 0 Å². The third kappa shape index (κ3) is 5.37. The van der Waals surface area contributed by atoms with E-state index >= 15 is 0 Å². The molecule has 0 unspecified atom stereocenters. The first kappa shape index (κ1) is 22.5. The fourth-order valence-electron chi connectivity index (χ4n) is 4.04. The summed E-state index contributed by atoms with van der Waals surface area (Å²) < 4.78 is 0. The van der Waals surface area contributed by atoms with Crippen LogP contribution in [-0.2, 0) is 6.42 Å². The Hall–Kier alpha value is -3.73. The van der Waals surface area contributed by atoms with Crippen LogP contribution < -0.4 is 4.90 Å². The van der Waals surface area contributed by atoms with E-state index < -0.39 is 0 Å². The second-order valence-corrected chi connectivity index (χ2v) is 8.62. The third-order valence-electron chi connectivity index (χ3n) is 5.87. The zero-order chi connectivity index (χ0) is 23.4. The quantitative estimate of drug-likeness (QED) is 0.407. The summed E-state index contributed by atoms with van der Waals surface area (Å²) in [4.78, 5) is 11.6. The molecule has 1 aromatic heterocycles. The number of aromatic nitrogens is 2. The standard InChI is InChI=1S/C28H31N5/c1-6-23-9-19(2)10-27(13-23)33(18-24-12-22(5)29-15-24)26-7-8-28(20(3)11-26)30-14-21(4)25-16-31-32-17-25/h7-14,16-17H,4,6,15,18H2,1-3,5H3,(H,31,32)/b30-14-. The minimum atomic E-state index is 0.770. The van der Waals surface area contributed by atoms with Crippen molar-refractivity contribution < 1.29 is 0 Å². The van der Waals surface area contributed by atoms with Crippen LogP contribution in [0.25, 0.3) is 5.57 Å². The van der Waals surface area contributed by atoms with E-state index in [-0.39, 0.29) is 0 Å². The van der Waals surface area contributed by atoms with Gasteiger partial charge in [0.1, 0.15) is 0 Å². The Morgan fingerprint density at radius 3 is 2.67 bits per heavy atom. The number of nitrogens with zero attached hydrogens (tertiary/aromatic N) is 4. The molecule has 0 fully saturated rings. The van der Waals surface area contributed by atoms with Crippen LogP contribution in [0.4, 0.5) is 17.1 Å². The van der Waals surface area contributed by atoms with E-state index in [1.165, 1.54) is 22.4 Å². The molecule has 0 aliphatic carbocycles. The van der Waals surface area contributed by atoms with Gasteiger partial charge in [0.2, 0.25) is 0 Å². The predicted octanol–water partition coefficient (Wildman–Crippen LogP) is 6.54. The number of rotatable bonds is 8.